The van der Waals surface area contributed by atoms with Crippen molar-refractivity contribution in [1.29, 1.82) is 0 Å². The van der Waals surface area contributed by atoms with Gasteiger partial charge in [0.15, 0.2) is 0 Å². The average molecular weight is 238 g/mol. The molecule has 0 aromatic heterocycles. The molecule has 0 aromatic carbocycles. The van der Waals surface area contributed by atoms with Gasteiger partial charge in [-0.2, -0.15) is 0 Å². The van der Waals surface area contributed by atoms with Gasteiger partial charge in [0.1, 0.15) is 0 Å². The van der Waals surface area contributed by atoms with Crippen molar-refractivity contribution in [1.82, 2.24) is 4.90 Å². The van der Waals surface area contributed by atoms with Crippen LogP contribution in [-0.4, -0.2) is 30.4 Å². The highest BCUT2D eigenvalue weighted by Crippen LogP contribution is 2.34. The molecule has 2 aliphatic rings. The molecule has 0 spiro atoms. The SMILES string of the molecule is CCCC(CN)C(=O)N(CC1CC1)CC1CC1. The molecule has 1 atom stereocenters. The lowest BCUT2D eigenvalue weighted by Gasteiger charge is -2.27. The quantitative estimate of drug-likeness (QED) is 0.703. The van der Waals surface area contributed by atoms with Crippen LogP contribution in [0.3, 0.4) is 0 Å². The molecule has 0 heterocycles. The van der Waals surface area contributed by atoms with E-state index < -0.39 is 0 Å². The van der Waals surface area contributed by atoms with E-state index in [1.807, 2.05) is 0 Å². The number of nitrogens with two attached hydrogens (primary N) is 1. The average Bonchev–Trinajstić information content (AvgIpc) is 3.18. The summed E-state index contributed by atoms with van der Waals surface area (Å²) in [6, 6.07) is 0. The smallest absolute Gasteiger partial charge is 0.226 e. The molecule has 0 aliphatic heterocycles. The molecule has 2 rings (SSSR count). The van der Waals surface area contributed by atoms with Crippen LogP contribution in [0.15, 0.2) is 0 Å². The van der Waals surface area contributed by atoms with Crippen LogP contribution >= 0.6 is 0 Å². The van der Waals surface area contributed by atoms with Crippen LogP contribution in [0.25, 0.3) is 0 Å². The molecule has 0 bridgehead atoms. The van der Waals surface area contributed by atoms with Crippen molar-refractivity contribution in [3.05, 3.63) is 0 Å². The Hall–Kier alpha value is -0.570. The maximum Gasteiger partial charge on any atom is 0.226 e. The van der Waals surface area contributed by atoms with Crippen molar-refractivity contribution < 1.29 is 4.79 Å². The van der Waals surface area contributed by atoms with Crippen LogP contribution < -0.4 is 5.73 Å². The van der Waals surface area contributed by atoms with E-state index in [2.05, 4.69) is 11.8 Å². The maximum absolute atomic E-state index is 12.4. The van der Waals surface area contributed by atoms with E-state index in [0.717, 1.165) is 37.8 Å². The van der Waals surface area contributed by atoms with E-state index in [-0.39, 0.29) is 5.92 Å². The van der Waals surface area contributed by atoms with E-state index in [9.17, 15) is 4.79 Å². The summed E-state index contributed by atoms with van der Waals surface area (Å²) in [5.41, 5.74) is 5.74. The molecule has 2 fully saturated rings. The second-order valence-corrected chi connectivity index (χ2v) is 5.85. The fourth-order valence-electron chi connectivity index (χ4n) is 2.43. The minimum atomic E-state index is 0.0671. The number of nitrogens with zero attached hydrogens (tertiary/aromatic N) is 1. The Bertz CT molecular complexity index is 245. The first-order valence-electron chi connectivity index (χ1n) is 7.23. The first-order chi connectivity index (χ1) is 8.24. The second kappa shape index (κ2) is 5.85. The molecule has 0 radical (unpaired) electrons. The molecular weight excluding hydrogens is 212 g/mol. The summed E-state index contributed by atoms with van der Waals surface area (Å²) in [7, 11) is 0. The predicted molar refractivity (Wildman–Crippen MR) is 69.5 cm³/mol. The summed E-state index contributed by atoms with van der Waals surface area (Å²) < 4.78 is 0. The third-order valence-corrected chi connectivity index (χ3v) is 3.93. The number of amides is 1. The van der Waals surface area contributed by atoms with E-state index in [4.69, 9.17) is 5.73 Å². The fraction of sp³-hybridized carbons (Fsp3) is 0.929. The maximum atomic E-state index is 12.4. The van der Waals surface area contributed by atoms with Gasteiger partial charge in [0.05, 0.1) is 5.92 Å². The van der Waals surface area contributed by atoms with Crippen LogP contribution in [0.5, 0.6) is 0 Å². The minimum Gasteiger partial charge on any atom is -0.342 e. The van der Waals surface area contributed by atoms with E-state index in [1.54, 1.807) is 0 Å². The van der Waals surface area contributed by atoms with E-state index >= 15 is 0 Å². The van der Waals surface area contributed by atoms with Crippen LogP contribution in [0, 0.1) is 17.8 Å². The molecule has 2 saturated carbocycles. The van der Waals surface area contributed by atoms with Gasteiger partial charge in [-0.1, -0.05) is 13.3 Å². The Labute approximate surface area is 105 Å². The lowest BCUT2D eigenvalue weighted by molar-refractivity contribution is -0.136. The summed E-state index contributed by atoms with van der Waals surface area (Å²) in [4.78, 5) is 14.6. The van der Waals surface area contributed by atoms with Crippen molar-refractivity contribution in [2.75, 3.05) is 19.6 Å². The van der Waals surface area contributed by atoms with Crippen molar-refractivity contribution in [3.63, 3.8) is 0 Å². The third kappa shape index (κ3) is 3.98. The zero-order chi connectivity index (χ0) is 12.3. The first-order valence-corrected chi connectivity index (χ1v) is 7.23. The van der Waals surface area contributed by atoms with Crippen LogP contribution in [0.4, 0.5) is 0 Å². The zero-order valence-corrected chi connectivity index (χ0v) is 11.0. The molecule has 2 aliphatic carbocycles. The van der Waals surface area contributed by atoms with Crippen molar-refractivity contribution in [2.45, 2.75) is 45.4 Å². The van der Waals surface area contributed by atoms with Gasteiger partial charge in [-0.3, -0.25) is 4.79 Å². The van der Waals surface area contributed by atoms with E-state index in [1.165, 1.54) is 25.7 Å². The topological polar surface area (TPSA) is 46.3 Å². The Morgan fingerprint density at radius 1 is 1.24 bits per heavy atom. The monoisotopic (exact) mass is 238 g/mol. The Morgan fingerprint density at radius 2 is 1.76 bits per heavy atom. The highest BCUT2D eigenvalue weighted by molar-refractivity contribution is 5.79. The number of rotatable bonds is 8. The Kier molecular flexibility index (Phi) is 4.43. The molecule has 1 amide bonds. The molecule has 3 nitrogen and oxygen atoms in total. The van der Waals surface area contributed by atoms with Gasteiger partial charge in [-0.15, -0.1) is 0 Å². The number of carbonyl (C=O) groups is 1. The summed E-state index contributed by atoms with van der Waals surface area (Å²) >= 11 is 0. The minimum absolute atomic E-state index is 0.0671. The summed E-state index contributed by atoms with van der Waals surface area (Å²) in [5.74, 6) is 1.97. The highest BCUT2D eigenvalue weighted by atomic mass is 16.2. The van der Waals surface area contributed by atoms with Crippen molar-refractivity contribution in [3.8, 4) is 0 Å². The summed E-state index contributed by atoms with van der Waals surface area (Å²) in [6.07, 6.45) is 7.26. The summed E-state index contributed by atoms with van der Waals surface area (Å²) in [5, 5.41) is 0. The van der Waals surface area contributed by atoms with Crippen molar-refractivity contribution >= 4 is 5.91 Å². The molecule has 17 heavy (non-hydrogen) atoms. The first kappa shape index (κ1) is 12.9. The van der Waals surface area contributed by atoms with Gasteiger partial charge in [-0.25, -0.2) is 0 Å². The molecule has 0 saturated heterocycles. The lowest BCUT2D eigenvalue weighted by atomic mass is 10.0. The predicted octanol–water partition coefficient (Wildman–Crippen LogP) is 2.01. The Balaban J connectivity index is 1.88. The fourth-order valence-corrected chi connectivity index (χ4v) is 2.43. The van der Waals surface area contributed by atoms with Gasteiger partial charge in [0, 0.05) is 19.6 Å². The Morgan fingerprint density at radius 3 is 2.12 bits per heavy atom. The molecule has 98 valence electrons. The molecule has 1 unspecified atom stereocenters. The number of hydrogen-bond donors (Lipinski definition) is 1. The zero-order valence-electron chi connectivity index (χ0n) is 11.0. The van der Waals surface area contributed by atoms with Gasteiger partial charge in [-0.05, 0) is 43.9 Å². The molecule has 0 aromatic rings. The second-order valence-electron chi connectivity index (χ2n) is 5.85. The molecule has 3 heteroatoms. The van der Waals surface area contributed by atoms with Gasteiger partial charge in [0.25, 0.3) is 0 Å². The number of hydrogen-bond acceptors (Lipinski definition) is 2. The lowest BCUT2D eigenvalue weighted by Crippen LogP contribution is -2.41. The van der Waals surface area contributed by atoms with Crippen LogP contribution in [0.1, 0.15) is 45.4 Å². The largest absolute Gasteiger partial charge is 0.342 e. The van der Waals surface area contributed by atoms with Crippen molar-refractivity contribution in [2.24, 2.45) is 23.5 Å². The molecule has 2 N–H and O–H groups in total. The van der Waals surface area contributed by atoms with Gasteiger partial charge in [0.2, 0.25) is 5.91 Å². The van der Waals surface area contributed by atoms with E-state index in [0.29, 0.717) is 12.5 Å². The normalized spacial score (nSPS) is 21.3. The standard InChI is InChI=1S/C14H26N2O/c1-2-3-13(8-15)14(17)16(9-11-4-5-11)10-12-6-7-12/h11-13H,2-10,15H2,1H3. The number of carbonyl (C=O) groups excluding carboxylic acids is 1. The van der Waals surface area contributed by atoms with Crippen LogP contribution in [-0.2, 0) is 4.79 Å². The van der Waals surface area contributed by atoms with Gasteiger partial charge >= 0.3 is 0 Å². The highest BCUT2D eigenvalue weighted by Gasteiger charge is 2.33. The van der Waals surface area contributed by atoms with Crippen LogP contribution in [0.2, 0.25) is 0 Å². The third-order valence-electron chi connectivity index (χ3n) is 3.93. The summed E-state index contributed by atoms with van der Waals surface area (Å²) in [6.45, 7) is 4.63. The van der Waals surface area contributed by atoms with Gasteiger partial charge < -0.3 is 10.6 Å². The molecular formula is C14H26N2O.